The number of aromatic nitrogens is 2. The molecule has 1 aromatic heterocycles. The third kappa shape index (κ3) is 4.02. The molecule has 0 bridgehead atoms. The summed E-state index contributed by atoms with van der Waals surface area (Å²) < 4.78 is 5.60. The van der Waals surface area contributed by atoms with Gasteiger partial charge in [-0.3, -0.25) is 0 Å². The van der Waals surface area contributed by atoms with Crippen LogP contribution in [0.1, 0.15) is 18.5 Å². The van der Waals surface area contributed by atoms with E-state index in [9.17, 15) is 0 Å². The van der Waals surface area contributed by atoms with Crippen molar-refractivity contribution in [2.45, 2.75) is 22.5 Å². The number of thioether (sulfide) groups is 1. The number of rotatable bonds is 6. The van der Waals surface area contributed by atoms with Crippen LogP contribution in [0.2, 0.25) is 0 Å². The van der Waals surface area contributed by atoms with Crippen molar-refractivity contribution in [3.63, 3.8) is 0 Å². The molecule has 6 heteroatoms. The summed E-state index contributed by atoms with van der Waals surface area (Å²) in [5.74, 6) is 1.81. The monoisotopic (exact) mass is 418 g/mol. The largest absolute Gasteiger partial charge is 0.388 e. The average molecular weight is 419 g/mol. The summed E-state index contributed by atoms with van der Waals surface area (Å²) in [7, 11) is 1.93. The standard InChI is InChI=1S/C24H26N4OS/c1-25-19-9-7-18(8-10-19)23-26-21(17-22(27-23)28-13-15-29-16-14-28)24(11-12-24)30-20-5-3-2-4-6-20/h2-10,17,25H,11-16H2,1H3. The lowest BCUT2D eigenvalue weighted by Crippen LogP contribution is -2.37. The maximum atomic E-state index is 5.55. The van der Waals surface area contributed by atoms with Crippen LogP contribution in [0.25, 0.3) is 11.4 Å². The van der Waals surface area contributed by atoms with E-state index in [1.165, 1.54) is 4.90 Å². The van der Waals surface area contributed by atoms with Crippen molar-refractivity contribution in [2.75, 3.05) is 43.6 Å². The van der Waals surface area contributed by atoms with Gasteiger partial charge in [0.05, 0.1) is 23.7 Å². The summed E-state index contributed by atoms with van der Waals surface area (Å²) in [5, 5.41) is 3.18. The number of anilines is 2. The molecule has 30 heavy (non-hydrogen) atoms. The average Bonchev–Trinajstić information content (AvgIpc) is 3.61. The first kappa shape index (κ1) is 19.4. The van der Waals surface area contributed by atoms with Gasteiger partial charge in [-0.25, -0.2) is 9.97 Å². The van der Waals surface area contributed by atoms with Crippen molar-refractivity contribution in [1.82, 2.24) is 9.97 Å². The van der Waals surface area contributed by atoms with Gasteiger partial charge in [0, 0.05) is 42.3 Å². The highest BCUT2D eigenvalue weighted by molar-refractivity contribution is 8.00. The SMILES string of the molecule is CNc1ccc(-c2nc(N3CCOCC3)cc(C3(Sc4ccccc4)CC3)n2)cc1. The summed E-state index contributed by atoms with van der Waals surface area (Å²) in [4.78, 5) is 13.7. The fourth-order valence-electron chi connectivity index (χ4n) is 3.78. The molecule has 2 aliphatic rings. The molecule has 0 atom stereocenters. The number of benzene rings is 2. The number of ether oxygens (including phenoxy) is 1. The quantitative estimate of drug-likeness (QED) is 0.620. The van der Waals surface area contributed by atoms with Crippen LogP contribution in [0.3, 0.4) is 0 Å². The van der Waals surface area contributed by atoms with Crippen molar-refractivity contribution in [1.29, 1.82) is 0 Å². The smallest absolute Gasteiger partial charge is 0.161 e. The Morgan fingerprint density at radius 3 is 2.37 bits per heavy atom. The molecular weight excluding hydrogens is 392 g/mol. The third-order valence-corrected chi connectivity index (χ3v) is 7.22. The molecule has 2 aromatic carbocycles. The minimum absolute atomic E-state index is 0.0466. The van der Waals surface area contributed by atoms with Gasteiger partial charge in [-0.05, 0) is 49.2 Å². The Kier molecular flexibility index (Phi) is 5.35. The summed E-state index contributed by atoms with van der Waals surface area (Å²) in [6.45, 7) is 3.23. The summed E-state index contributed by atoms with van der Waals surface area (Å²) in [5.41, 5.74) is 3.27. The highest BCUT2D eigenvalue weighted by atomic mass is 32.2. The summed E-state index contributed by atoms with van der Waals surface area (Å²) in [6.07, 6.45) is 2.29. The van der Waals surface area contributed by atoms with Crippen LogP contribution in [0.5, 0.6) is 0 Å². The molecule has 5 nitrogen and oxygen atoms in total. The molecule has 1 aliphatic heterocycles. The molecule has 0 unspecified atom stereocenters. The van der Waals surface area contributed by atoms with Crippen LogP contribution < -0.4 is 10.2 Å². The Hall–Kier alpha value is -2.57. The second-order valence-electron chi connectivity index (χ2n) is 7.77. The molecule has 0 amide bonds. The van der Waals surface area contributed by atoms with Crippen LogP contribution in [-0.4, -0.2) is 43.3 Å². The van der Waals surface area contributed by atoms with E-state index in [4.69, 9.17) is 14.7 Å². The minimum Gasteiger partial charge on any atom is -0.388 e. The molecule has 0 radical (unpaired) electrons. The van der Waals surface area contributed by atoms with Gasteiger partial charge in [0.2, 0.25) is 0 Å². The zero-order valence-corrected chi connectivity index (χ0v) is 18.0. The minimum atomic E-state index is 0.0466. The number of morpholine rings is 1. The predicted molar refractivity (Wildman–Crippen MR) is 123 cm³/mol. The van der Waals surface area contributed by atoms with Gasteiger partial charge in [0.15, 0.2) is 5.82 Å². The molecule has 1 saturated carbocycles. The zero-order chi connectivity index (χ0) is 20.4. The maximum Gasteiger partial charge on any atom is 0.161 e. The fourth-order valence-corrected chi connectivity index (χ4v) is 5.04. The molecule has 2 heterocycles. The molecule has 1 saturated heterocycles. The Balaban J connectivity index is 1.54. The van der Waals surface area contributed by atoms with Crippen LogP contribution in [0.15, 0.2) is 65.6 Å². The van der Waals surface area contributed by atoms with Gasteiger partial charge in [0.25, 0.3) is 0 Å². The van der Waals surface area contributed by atoms with Crippen LogP contribution in [-0.2, 0) is 9.48 Å². The lowest BCUT2D eigenvalue weighted by molar-refractivity contribution is 0.122. The predicted octanol–water partition coefficient (Wildman–Crippen LogP) is 4.80. The molecule has 5 rings (SSSR count). The van der Waals surface area contributed by atoms with Gasteiger partial charge in [-0.2, -0.15) is 0 Å². The zero-order valence-electron chi connectivity index (χ0n) is 17.2. The maximum absolute atomic E-state index is 5.55. The van der Waals surface area contributed by atoms with Crippen molar-refractivity contribution in [2.24, 2.45) is 0 Å². The lowest BCUT2D eigenvalue weighted by Gasteiger charge is -2.29. The highest BCUT2D eigenvalue weighted by Crippen LogP contribution is 2.59. The number of nitrogens with zero attached hydrogens (tertiary/aromatic N) is 3. The Bertz CT molecular complexity index is 999. The summed E-state index contributed by atoms with van der Waals surface area (Å²) >= 11 is 1.93. The Morgan fingerprint density at radius 1 is 0.967 bits per heavy atom. The first-order chi connectivity index (χ1) is 14.8. The van der Waals surface area contributed by atoms with Gasteiger partial charge < -0.3 is 15.0 Å². The van der Waals surface area contributed by atoms with Crippen molar-refractivity contribution < 1.29 is 4.74 Å². The van der Waals surface area contributed by atoms with E-state index in [-0.39, 0.29) is 4.75 Å². The second kappa shape index (κ2) is 8.28. The molecule has 1 N–H and O–H groups in total. The molecule has 2 fully saturated rings. The second-order valence-corrected chi connectivity index (χ2v) is 9.23. The fraction of sp³-hybridized carbons (Fsp3) is 0.333. The molecule has 0 spiro atoms. The van der Waals surface area contributed by atoms with E-state index in [1.807, 2.05) is 18.8 Å². The van der Waals surface area contributed by atoms with Gasteiger partial charge in [-0.1, -0.05) is 18.2 Å². The van der Waals surface area contributed by atoms with E-state index in [2.05, 4.69) is 70.9 Å². The Labute approximate surface area is 181 Å². The van der Waals surface area contributed by atoms with E-state index in [1.54, 1.807) is 0 Å². The van der Waals surface area contributed by atoms with E-state index in [0.717, 1.165) is 67.7 Å². The first-order valence-electron chi connectivity index (χ1n) is 10.5. The van der Waals surface area contributed by atoms with Crippen molar-refractivity contribution >= 4 is 23.3 Å². The first-order valence-corrected chi connectivity index (χ1v) is 11.3. The lowest BCUT2D eigenvalue weighted by atomic mass is 10.1. The normalized spacial score (nSPS) is 17.6. The molecule has 1 aliphatic carbocycles. The van der Waals surface area contributed by atoms with E-state index in [0.29, 0.717) is 0 Å². The van der Waals surface area contributed by atoms with Crippen LogP contribution >= 0.6 is 11.8 Å². The van der Waals surface area contributed by atoms with Gasteiger partial charge >= 0.3 is 0 Å². The van der Waals surface area contributed by atoms with E-state index >= 15 is 0 Å². The highest BCUT2D eigenvalue weighted by Gasteiger charge is 2.47. The third-order valence-electron chi connectivity index (χ3n) is 5.71. The topological polar surface area (TPSA) is 50.3 Å². The van der Waals surface area contributed by atoms with E-state index < -0.39 is 0 Å². The van der Waals surface area contributed by atoms with Crippen LogP contribution in [0.4, 0.5) is 11.5 Å². The summed E-state index contributed by atoms with van der Waals surface area (Å²) in [6, 6.07) is 21.2. The Morgan fingerprint density at radius 2 is 1.70 bits per heavy atom. The van der Waals surface area contributed by atoms with Crippen molar-refractivity contribution in [3.8, 4) is 11.4 Å². The number of hydrogen-bond acceptors (Lipinski definition) is 6. The van der Waals surface area contributed by atoms with Gasteiger partial charge in [-0.15, -0.1) is 11.8 Å². The van der Waals surface area contributed by atoms with Gasteiger partial charge in [0.1, 0.15) is 5.82 Å². The number of hydrogen-bond donors (Lipinski definition) is 1. The number of nitrogens with one attached hydrogen (secondary N) is 1. The van der Waals surface area contributed by atoms with Crippen LogP contribution in [0, 0.1) is 0 Å². The van der Waals surface area contributed by atoms with Crippen molar-refractivity contribution in [3.05, 3.63) is 66.4 Å². The molecule has 3 aromatic rings. The molecular formula is C24H26N4OS. The molecule has 154 valence electrons.